The molecule has 1 atom stereocenters. The molecule has 4 nitrogen and oxygen atoms in total. The maximum absolute atomic E-state index is 9.02. The Morgan fingerprint density at radius 3 is 2.88 bits per heavy atom. The lowest BCUT2D eigenvalue weighted by Crippen LogP contribution is -2.19. The standard InChI is InChI=1S/C12H10N4/c13-7-10(12(14)15)8-3-1-5-11-9(8)4-2-6-16-11/h1-6,10H,(H3,14,15). The van der Waals surface area contributed by atoms with Crippen molar-refractivity contribution in [1.82, 2.24) is 4.98 Å². The van der Waals surface area contributed by atoms with Gasteiger partial charge in [-0.05, 0) is 17.7 Å². The van der Waals surface area contributed by atoms with Crippen LogP contribution >= 0.6 is 0 Å². The van der Waals surface area contributed by atoms with E-state index in [1.807, 2.05) is 24.3 Å². The summed E-state index contributed by atoms with van der Waals surface area (Å²) in [6.07, 6.45) is 1.70. The van der Waals surface area contributed by atoms with Crippen LogP contribution in [-0.2, 0) is 0 Å². The molecule has 4 heteroatoms. The second kappa shape index (κ2) is 3.99. The van der Waals surface area contributed by atoms with Crippen LogP contribution in [0.25, 0.3) is 10.9 Å². The van der Waals surface area contributed by atoms with Gasteiger partial charge in [0.05, 0.1) is 11.6 Å². The predicted molar refractivity (Wildman–Crippen MR) is 62.0 cm³/mol. The molecule has 1 aromatic heterocycles. The third-order valence-corrected chi connectivity index (χ3v) is 2.43. The van der Waals surface area contributed by atoms with Crippen LogP contribution in [-0.4, -0.2) is 10.8 Å². The second-order valence-electron chi connectivity index (χ2n) is 3.43. The highest BCUT2D eigenvalue weighted by Gasteiger charge is 2.16. The van der Waals surface area contributed by atoms with Crippen LogP contribution in [0.1, 0.15) is 11.5 Å². The molecule has 0 amide bonds. The fourth-order valence-electron chi connectivity index (χ4n) is 1.69. The van der Waals surface area contributed by atoms with Gasteiger partial charge in [0.15, 0.2) is 0 Å². The van der Waals surface area contributed by atoms with Crippen molar-refractivity contribution in [2.75, 3.05) is 0 Å². The predicted octanol–water partition coefficient (Wildman–Crippen LogP) is 1.78. The van der Waals surface area contributed by atoms with Crippen LogP contribution in [0.3, 0.4) is 0 Å². The molecule has 0 aliphatic rings. The van der Waals surface area contributed by atoms with Gasteiger partial charge in [0.1, 0.15) is 11.8 Å². The molecule has 1 heterocycles. The van der Waals surface area contributed by atoms with E-state index in [2.05, 4.69) is 4.98 Å². The molecule has 1 unspecified atom stereocenters. The molecule has 0 saturated carbocycles. The molecule has 0 bridgehead atoms. The number of nitriles is 1. The Hall–Kier alpha value is -2.41. The number of pyridine rings is 1. The van der Waals surface area contributed by atoms with E-state index >= 15 is 0 Å². The van der Waals surface area contributed by atoms with Crippen LogP contribution in [0.5, 0.6) is 0 Å². The van der Waals surface area contributed by atoms with Crippen LogP contribution in [0.4, 0.5) is 0 Å². The van der Waals surface area contributed by atoms with Crippen molar-refractivity contribution >= 4 is 16.7 Å². The molecule has 0 aliphatic heterocycles. The Morgan fingerprint density at radius 2 is 2.19 bits per heavy atom. The number of benzene rings is 1. The van der Waals surface area contributed by atoms with Gasteiger partial charge in [0.2, 0.25) is 0 Å². The number of nitrogens with two attached hydrogens (primary N) is 1. The molecule has 0 fully saturated rings. The number of hydrogen-bond donors (Lipinski definition) is 2. The highest BCUT2D eigenvalue weighted by atomic mass is 14.7. The lowest BCUT2D eigenvalue weighted by Gasteiger charge is -2.10. The Labute approximate surface area is 92.8 Å². The average molecular weight is 210 g/mol. The monoisotopic (exact) mass is 210 g/mol. The summed E-state index contributed by atoms with van der Waals surface area (Å²) >= 11 is 0. The van der Waals surface area contributed by atoms with Crippen molar-refractivity contribution in [3.05, 3.63) is 42.1 Å². The molecule has 3 N–H and O–H groups in total. The van der Waals surface area contributed by atoms with Crippen LogP contribution < -0.4 is 5.73 Å². The smallest absolute Gasteiger partial charge is 0.128 e. The van der Waals surface area contributed by atoms with Crippen LogP contribution in [0.2, 0.25) is 0 Å². The maximum atomic E-state index is 9.02. The number of aromatic nitrogens is 1. The molecule has 0 aliphatic carbocycles. The molecule has 2 aromatic rings. The summed E-state index contributed by atoms with van der Waals surface area (Å²) in [4.78, 5) is 4.20. The molecule has 0 spiro atoms. The van der Waals surface area contributed by atoms with E-state index < -0.39 is 5.92 Å². The lowest BCUT2D eigenvalue weighted by atomic mass is 9.95. The maximum Gasteiger partial charge on any atom is 0.128 e. The van der Waals surface area contributed by atoms with E-state index in [0.29, 0.717) is 0 Å². The fraction of sp³-hybridized carbons (Fsp3) is 0.0833. The number of fused-ring (bicyclic) bond motifs is 1. The van der Waals surface area contributed by atoms with Crippen LogP contribution in [0.15, 0.2) is 36.5 Å². The molecule has 0 radical (unpaired) electrons. The normalized spacial score (nSPS) is 11.9. The van der Waals surface area contributed by atoms with E-state index in [0.717, 1.165) is 16.5 Å². The third kappa shape index (κ3) is 1.59. The molecule has 2 rings (SSSR count). The van der Waals surface area contributed by atoms with Crippen molar-refractivity contribution in [3.63, 3.8) is 0 Å². The minimum Gasteiger partial charge on any atom is -0.386 e. The third-order valence-electron chi connectivity index (χ3n) is 2.43. The Balaban J connectivity index is 2.69. The van der Waals surface area contributed by atoms with Crippen LogP contribution in [0, 0.1) is 16.7 Å². The number of amidine groups is 1. The molecule has 16 heavy (non-hydrogen) atoms. The minimum atomic E-state index is -0.701. The van der Waals surface area contributed by atoms with Crippen molar-refractivity contribution < 1.29 is 0 Å². The number of nitrogens with one attached hydrogen (secondary N) is 1. The van der Waals surface area contributed by atoms with Crippen molar-refractivity contribution in [2.45, 2.75) is 5.92 Å². The summed E-state index contributed by atoms with van der Waals surface area (Å²) in [6.45, 7) is 0. The first-order chi connectivity index (χ1) is 7.74. The van der Waals surface area contributed by atoms with E-state index in [-0.39, 0.29) is 5.84 Å². The van der Waals surface area contributed by atoms with Crippen molar-refractivity contribution in [2.24, 2.45) is 5.73 Å². The summed E-state index contributed by atoms with van der Waals surface area (Å²) in [5.74, 6) is -0.841. The van der Waals surface area contributed by atoms with Gasteiger partial charge in [0, 0.05) is 11.6 Å². The summed E-state index contributed by atoms with van der Waals surface area (Å²) in [5.41, 5.74) is 6.95. The zero-order valence-corrected chi connectivity index (χ0v) is 8.51. The second-order valence-corrected chi connectivity index (χ2v) is 3.43. The van der Waals surface area contributed by atoms with E-state index in [4.69, 9.17) is 16.4 Å². The number of hydrogen-bond acceptors (Lipinski definition) is 3. The first-order valence-corrected chi connectivity index (χ1v) is 4.81. The van der Waals surface area contributed by atoms with Gasteiger partial charge in [-0.25, -0.2) is 0 Å². The van der Waals surface area contributed by atoms with Gasteiger partial charge in [-0.15, -0.1) is 0 Å². The quantitative estimate of drug-likeness (QED) is 0.585. The molecule has 78 valence electrons. The highest BCUT2D eigenvalue weighted by Crippen LogP contribution is 2.23. The lowest BCUT2D eigenvalue weighted by molar-refractivity contribution is 1.12. The number of nitrogens with zero attached hydrogens (tertiary/aromatic N) is 2. The van der Waals surface area contributed by atoms with Gasteiger partial charge in [-0.1, -0.05) is 18.2 Å². The van der Waals surface area contributed by atoms with Gasteiger partial charge < -0.3 is 5.73 Å². The Bertz CT molecular complexity index is 578. The summed E-state index contributed by atoms with van der Waals surface area (Å²) < 4.78 is 0. The molecular weight excluding hydrogens is 200 g/mol. The summed E-state index contributed by atoms with van der Waals surface area (Å²) in [6, 6.07) is 11.2. The number of rotatable bonds is 2. The summed E-state index contributed by atoms with van der Waals surface area (Å²) in [5, 5.41) is 17.3. The minimum absolute atomic E-state index is 0.140. The van der Waals surface area contributed by atoms with Gasteiger partial charge in [0.25, 0.3) is 0 Å². The first-order valence-electron chi connectivity index (χ1n) is 4.81. The first kappa shape index (κ1) is 10.1. The zero-order valence-electron chi connectivity index (χ0n) is 8.51. The highest BCUT2D eigenvalue weighted by molar-refractivity contribution is 5.93. The SMILES string of the molecule is N#CC(C(=N)N)c1cccc2ncccc12. The summed E-state index contributed by atoms with van der Waals surface area (Å²) in [7, 11) is 0. The average Bonchev–Trinajstić information content (AvgIpc) is 2.30. The van der Waals surface area contributed by atoms with E-state index in [9.17, 15) is 0 Å². The van der Waals surface area contributed by atoms with Gasteiger partial charge >= 0.3 is 0 Å². The van der Waals surface area contributed by atoms with Gasteiger partial charge in [-0.2, -0.15) is 5.26 Å². The zero-order chi connectivity index (χ0) is 11.5. The van der Waals surface area contributed by atoms with E-state index in [1.54, 1.807) is 18.3 Å². The molecule has 0 saturated heterocycles. The van der Waals surface area contributed by atoms with E-state index in [1.165, 1.54) is 0 Å². The molecular formula is C12H10N4. The largest absolute Gasteiger partial charge is 0.386 e. The topological polar surface area (TPSA) is 86.5 Å². The van der Waals surface area contributed by atoms with Crippen molar-refractivity contribution in [3.8, 4) is 6.07 Å². The Kier molecular flexibility index (Phi) is 2.52. The van der Waals surface area contributed by atoms with Crippen molar-refractivity contribution in [1.29, 1.82) is 10.7 Å². The van der Waals surface area contributed by atoms with Gasteiger partial charge in [-0.3, -0.25) is 10.4 Å². The Morgan fingerprint density at radius 1 is 1.38 bits per heavy atom. The molecule has 1 aromatic carbocycles. The fourth-order valence-corrected chi connectivity index (χ4v) is 1.69.